The third-order valence-electron chi connectivity index (χ3n) is 2.94. The van der Waals surface area contributed by atoms with Crippen molar-refractivity contribution >= 4 is 5.69 Å². The van der Waals surface area contributed by atoms with E-state index in [0.29, 0.717) is 19.5 Å². The van der Waals surface area contributed by atoms with Gasteiger partial charge in [-0.15, -0.1) is 0 Å². The fraction of sp³-hybridized carbons (Fsp3) is 0.357. The maximum atomic E-state index is 8.78. The number of rotatable bonds is 6. The predicted octanol–water partition coefficient (Wildman–Crippen LogP) is 2.22. The van der Waals surface area contributed by atoms with Gasteiger partial charge in [-0.1, -0.05) is 18.2 Å². The van der Waals surface area contributed by atoms with E-state index < -0.39 is 0 Å². The van der Waals surface area contributed by atoms with Crippen LogP contribution in [0.4, 0.5) is 5.69 Å². The lowest BCUT2D eigenvalue weighted by molar-refractivity contribution is 0.602. The van der Waals surface area contributed by atoms with E-state index in [4.69, 9.17) is 5.26 Å². The molecule has 0 spiro atoms. The molecule has 0 aliphatic heterocycles. The third-order valence-corrected chi connectivity index (χ3v) is 2.94. The van der Waals surface area contributed by atoms with Crippen LogP contribution < -0.4 is 4.90 Å². The SMILES string of the molecule is CCn1ncnc1CN(CCC#N)c1ccccc1. The van der Waals surface area contributed by atoms with Crippen molar-refractivity contribution in [2.75, 3.05) is 11.4 Å². The average molecular weight is 255 g/mol. The monoisotopic (exact) mass is 255 g/mol. The fourth-order valence-electron chi connectivity index (χ4n) is 1.97. The van der Waals surface area contributed by atoms with Crippen molar-refractivity contribution in [2.45, 2.75) is 26.4 Å². The highest BCUT2D eigenvalue weighted by molar-refractivity contribution is 5.46. The minimum atomic E-state index is 0.495. The minimum Gasteiger partial charge on any atom is -0.363 e. The Morgan fingerprint density at radius 3 is 2.79 bits per heavy atom. The molecular formula is C14H17N5. The number of para-hydroxylation sites is 1. The number of anilines is 1. The molecule has 0 unspecified atom stereocenters. The van der Waals surface area contributed by atoms with Gasteiger partial charge in [0.15, 0.2) is 0 Å². The van der Waals surface area contributed by atoms with Crippen LogP contribution in [-0.4, -0.2) is 21.3 Å². The lowest BCUT2D eigenvalue weighted by atomic mass is 10.2. The molecule has 0 amide bonds. The van der Waals surface area contributed by atoms with Gasteiger partial charge in [-0.3, -0.25) is 0 Å². The molecule has 0 fully saturated rings. The van der Waals surface area contributed by atoms with Gasteiger partial charge < -0.3 is 4.90 Å². The fourth-order valence-corrected chi connectivity index (χ4v) is 1.97. The van der Waals surface area contributed by atoms with Crippen molar-refractivity contribution in [3.8, 4) is 6.07 Å². The first-order chi connectivity index (χ1) is 9.35. The van der Waals surface area contributed by atoms with Gasteiger partial charge >= 0.3 is 0 Å². The highest BCUT2D eigenvalue weighted by Crippen LogP contribution is 2.16. The van der Waals surface area contributed by atoms with Crippen LogP contribution in [0.3, 0.4) is 0 Å². The molecule has 1 aromatic heterocycles. The quantitative estimate of drug-likeness (QED) is 0.794. The molecule has 0 radical (unpaired) electrons. The number of aromatic nitrogens is 3. The van der Waals surface area contributed by atoms with Gasteiger partial charge in [0.05, 0.1) is 19.0 Å². The minimum absolute atomic E-state index is 0.495. The maximum Gasteiger partial charge on any atom is 0.146 e. The topological polar surface area (TPSA) is 57.7 Å². The first kappa shape index (κ1) is 13.1. The van der Waals surface area contributed by atoms with Gasteiger partial charge in [-0.05, 0) is 19.1 Å². The summed E-state index contributed by atoms with van der Waals surface area (Å²) in [5.41, 5.74) is 1.10. The molecule has 5 nitrogen and oxygen atoms in total. The molecule has 1 aromatic carbocycles. The van der Waals surface area contributed by atoms with E-state index in [-0.39, 0.29) is 0 Å². The Morgan fingerprint density at radius 1 is 1.32 bits per heavy atom. The number of nitrogens with zero attached hydrogens (tertiary/aromatic N) is 5. The lowest BCUT2D eigenvalue weighted by Gasteiger charge is -2.23. The summed E-state index contributed by atoms with van der Waals surface area (Å²) in [6.07, 6.45) is 2.07. The van der Waals surface area contributed by atoms with Gasteiger partial charge in [0.2, 0.25) is 0 Å². The zero-order valence-corrected chi connectivity index (χ0v) is 11.0. The van der Waals surface area contributed by atoms with Crippen LogP contribution in [0.1, 0.15) is 19.2 Å². The average Bonchev–Trinajstić information content (AvgIpc) is 2.91. The van der Waals surface area contributed by atoms with E-state index in [1.807, 2.05) is 41.9 Å². The second kappa shape index (κ2) is 6.55. The smallest absolute Gasteiger partial charge is 0.146 e. The Hall–Kier alpha value is -2.35. The van der Waals surface area contributed by atoms with E-state index in [9.17, 15) is 0 Å². The van der Waals surface area contributed by atoms with Crippen molar-refractivity contribution in [2.24, 2.45) is 0 Å². The third kappa shape index (κ3) is 3.32. The van der Waals surface area contributed by atoms with Crippen LogP contribution in [0.15, 0.2) is 36.7 Å². The normalized spacial score (nSPS) is 10.1. The number of nitriles is 1. The summed E-state index contributed by atoms with van der Waals surface area (Å²) in [7, 11) is 0. The van der Waals surface area contributed by atoms with Gasteiger partial charge in [0.1, 0.15) is 12.2 Å². The highest BCUT2D eigenvalue weighted by atomic mass is 15.3. The number of hydrogen-bond acceptors (Lipinski definition) is 4. The van der Waals surface area contributed by atoms with E-state index in [1.54, 1.807) is 6.33 Å². The summed E-state index contributed by atoms with van der Waals surface area (Å²) in [5, 5.41) is 13.0. The predicted molar refractivity (Wildman–Crippen MR) is 73.4 cm³/mol. The molecule has 0 aliphatic carbocycles. The van der Waals surface area contributed by atoms with Crippen LogP contribution >= 0.6 is 0 Å². The van der Waals surface area contributed by atoms with E-state index in [1.165, 1.54) is 0 Å². The number of hydrogen-bond donors (Lipinski definition) is 0. The molecule has 5 heteroatoms. The molecule has 0 bridgehead atoms. The van der Waals surface area contributed by atoms with Gasteiger partial charge in [0, 0.05) is 18.8 Å². The van der Waals surface area contributed by atoms with Crippen LogP contribution in [0, 0.1) is 11.3 Å². The van der Waals surface area contributed by atoms with Crippen molar-refractivity contribution < 1.29 is 0 Å². The van der Waals surface area contributed by atoms with Gasteiger partial charge in [0.25, 0.3) is 0 Å². The molecule has 98 valence electrons. The molecule has 0 N–H and O–H groups in total. The van der Waals surface area contributed by atoms with Crippen molar-refractivity contribution in [1.82, 2.24) is 14.8 Å². The number of aryl methyl sites for hydroxylation is 1. The Bertz CT molecular complexity index is 540. The van der Waals surface area contributed by atoms with Gasteiger partial charge in [-0.25, -0.2) is 9.67 Å². The summed E-state index contributed by atoms with van der Waals surface area (Å²) in [5.74, 6) is 0.921. The largest absolute Gasteiger partial charge is 0.363 e. The Labute approximate surface area is 113 Å². The van der Waals surface area contributed by atoms with Crippen LogP contribution in [-0.2, 0) is 13.1 Å². The van der Waals surface area contributed by atoms with E-state index in [2.05, 4.69) is 21.1 Å². The first-order valence-electron chi connectivity index (χ1n) is 6.38. The van der Waals surface area contributed by atoms with Crippen LogP contribution in [0.25, 0.3) is 0 Å². The van der Waals surface area contributed by atoms with Crippen molar-refractivity contribution in [3.63, 3.8) is 0 Å². The molecule has 1 heterocycles. The van der Waals surface area contributed by atoms with Gasteiger partial charge in [-0.2, -0.15) is 10.4 Å². The Kier molecular flexibility index (Phi) is 4.51. The summed E-state index contributed by atoms with van der Waals surface area (Å²) >= 11 is 0. The second-order valence-corrected chi connectivity index (χ2v) is 4.16. The van der Waals surface area contributed by atoms with Crippen molar-refractivity contribution in [1.29, 1.82) is 5.26 Å². The van der Waals surface area contributed by atoms with Crippen LogP contribution in [0.2, 0.25) is 0 Å². The highest BCUT2D eigenvalue weighted by Gasteiger charge is 2.10. The molecular weight excluding hydrogens is 238 g/mol. The molecule has 2 rings (SSSR count). The van der Waals surface area contributed by atoms with E-state index >= 15 is 0 Å². The Balaban J connectivity index is 2.17. The zero-order chi connectivity index (χ0) is 13.5. The molecule has 2 aromatic rings. The summed E-state index contributed by atoms with van der Waals surface area (Å²) in [4.78, 5) is 6.44. The van der Waals surface area contributed by atoms with Crippen molar-refractivity contribution in [3.05, 3.63) is 42.5 Å². The lowest BCUT2D eigenvalue weighted by Crippen LogP contribution is -2.25. The Morgan fingerprint density at radius 2 is 2.11 bits per heavy atom. The summed E-state index contributed by atoms with van der Waals surface area (Å²) < 4.78 is 1.88. The zero-order valence-electron chi connectivity index (χ0n) is 11.0. The molecule has 0 saturated heterocycles. The summed E-state index contributed by atoms with van der Waals surface area (Å²) in [6.45, 7) is 4.20. The molecule has 0 saturated carbocycles. The molecule has 19 heavy (non-hydrogen) atoms. The second-order valence-electron chi connectivity index (χ2n) is 4.16. The van der Waals surface area contributed by atoms with Crippen LogP contribution in [0.5, 0.6) is 0 Å². The first-order valence-corrected chi connectivity index (χ1v) is 6.38. The number of benzene rings is 1. The van der Waals surface area contributed by atoms with E-state index in [0.717, 1.165) is 18.1 Å². The molecule has 0 atom stereocenters. The maximum absolute atomic E-state index is 8.78. The standard InChI is InChI=1S/C14H17N5/c1-2-19-14(16-12-17-19)11-18(10-6-9-15)13-7-4-3-5-8-13/h3-5,7-8,12H,2,6,10-11H2,1H3. The molecule has 0 aliphatic rings. The summed E-state index contributed by atoms with van der Waals surface area (Å²) in [6, 6.07) is 12.3.